The van der Waals surface area contributed by atoms with Crippen molar-refractivity contribution in [2.45, 2.75) is 19.9 Å². The van der Waals surface area contributed by atoms with E-state index in [2.05, 4.69) is 17.1 Å². The molecular formula is C21H20N4O3. The Morgan fingerprint density at radius 1 is 1.25 bits per heavy atom. The number of nitro groups is 1. The fourth-order valence-corrected chi connectivity index (χ4v) is 3.67. The molecule has 142 valence electrons. The first-order valence-corrected chi connectivity index (χ1v) is 9.25. The van der Waals surface area contributed by atoms with Crippen LogP contribution in [0.4, 0.5) is 11.4 Å². The molecule has 28 heavy (non-hydrogen) atoms. The van der Waals surface area contributed by atoms with Crippen LogP contribution in [0.3, 0.4) is 0 Å². The van der Waals surface area contributed by atoms with Gasteiger partial charge in [0, 0.05) is 54.0 Å². The summed E-state index contributed by atoms with van der Waals surface area (Å²) in [4.78, 5) is 30.9. The molecule has 1 aliphatic heterocycles. The van der Waals surface area contributed by atoms with Crippen molar-refractivity contribution in [3.8, 4) is 0 Å². The molecule has 1 amide bonds. The molecule has 3 aromatic rings. The van der Waals surface area contributed by atoms with Crippen molar-refractivity contribution >= 4 is 28.2 Å². The third kappa shape index (κ3) is 3.32. The number of nitro benzene ring substituents is 1. The Kier molecular flexibility index (Phi) is 4.75. The van der Waals surface area contributed by atoms with E-state index in [4.69, 9.17) is 4.98 Å². The Bertz CT molecular complexity index is 1080. The predicted molar refractivity (Wildman–Crippen MR) is 107 cm³/mol. The number of hydrogen-bond acceptors (Lipinski definition) is 5. The van der Waals surface area contributed by atoms with Gasteiger partial charge in [-0.15, -0.1) is 0 Å². The van der Waals surface area contributed by atoms with Crippen LogP contribution in [0.2, 0.25) is 0 Å². The zero-order valence-corrected chi connectivity index (χ0v) is 15.5. The zero-order chi connectivity index (χ0) is 19.7. The molecule has 0 atom stereocenters. The molecule has 1 aromatic heterocycles. The molecule has 0 spiro atoms. The van der Waals surface area contributed by atoms with Crippen LogP contribution in [0.25, 0.3) is 10.9 Å². The quantitative estimate of drug-likeness (QED) is 0.553. The number of amides is 1. The molecule has 2 aromatic carbocycles. The topological polar surface area (TPSA) is 88.4 Å². The van der Waals surface area contributed by atoms with E-state index in [1.165, 1.54) is 12.1 Å². The van der Waals surface area contributed by atoms with Gasteiger partial charge in [0.25, 0.3) is 11.6 Å². The molecule has 7 nitrogen and oxygen atoms in total. The minimum atomic E-state index is -0.474. The summed E-state index contributed by atoms with van der Waals surface area (Å²) in [5.74, 6) is -0.270. The lowest BCUT2D eigenvalue weighted by Gasteiger charge is -2.29. The number of aromatic nitrogens is 1. The number of anilines is 1. The maximum atomic E-state index is 13.2. The molecule has 0 fully saturated rings. The second-order valence-corrected chi connectivity index (χ2v) is 6.81. The van der Waals surface area contributed by atoms with Crippen molar-refractivity contribution in [3.63, 3.8) is 0 Å². The summed E-state index contributed by atoms with van der Waals surface area (Å²) < 4.78 is 0. The molecule has 0 unspecified atom stereocenters. The van der Waals surface area contributed by atoms with E-state index in [1.807, 2.05) is 24.3 Å². The number of nitrogens with one attached hydrogen (secondary N) is 1. The number of non-ortho nitro benzene ring substituents is 1. The number of para-hydroxylation sites is 1. The van der Waals surface area contributed by atoms with Crippen LogP contribution in [0.15, 0.2) is 48.5 Å². The number of pyridine rings is 1. The van der Waals surface area contributed by atoms with E-state index in [0.29, 0.717) is 17.8 Å². The lowest BCUT2D eigenvalue weighted by Crippen LogP contribution is -2.33. The van der Waals surface area contributed by atoms with Crippen molar-refractivity contribution in [2.75, 3.05) is 18.4 Å². The molecule has 1 N–H and O–H groups in total. The predicted octanol–water partition coefficient (Wildman–Crippen LogP) is 3.77. The standard InChI is InChI=1S/C21H20N4O3/c1-2-24-11-10-19-17(13-24)20(16-8-3-4-9-18(16)23-19)21(26)22-14-6-5-7-15(12-14)25(27)28/h3-9,12H,2,10-11,13H2,1H3,(H,22,26). The summed E-state index contributed by atoms with van der Waals surface area (Å²) >= 11 is 0. The monoisotopic (exact) mass is 376 g/mol. The first-order valence-electron chi connectivity index (χ1n) is 9.25. The Morgan fingerprint density at radius 3 is 2.86 bits per heavy atom. The van der Waals surface area contributed by atoms with E-state index in [9.17, 15) is 14.9 Å². The van der Waals surface area contributed by atoms with Crippen LogP contribution >= 0.6 is 0 Å². The Morgan fingerprint density at radius 2 is 2.07 bits per heavy atom. The molecule has 0 radical (unpaired) electrons. The fraction of sp³-hybridized carbons (Fsp3) is 0.238. The molecule has 2 heterocycles. The highest BCUT2D eigenvalue weighted by molar-refractivity contribution is 6.13. The highest BCUT2D eigenvalue weighted by Gasteiger charge is 2.25. The van der Waals surface area contributed by atoms with Gasteiger partial charge in [-0.2, -0.15) is 0 Å². The van der Waals surface area contributed by atoms with Gasteiger partial charge in [-0.1, -0.05) is 31.2 Å². The molecule has 0 saturated heterocycles. The van der Waals surface area contributed by atoms with Gasteiger partial charge in [-0.05, 0) is 18.7 Å². The zero-order valence-electron chi connectivity index (χ0n) is 15.5. The number of rotatable bonds is 4. The number of benzene rings is 2. The van der Waals surface area contributed by atoms with Gasteiger partial charge >= 0.3 is 0 Å². The highest BCUT2D eigenvalue weighted by Crippen LogP contribution is 2.29. The van der Waals surface area contributed by atoms with Crippen molar-refractivity contribution < 1.29 is 9.72 Å². The average molecular weight is 376 g/mol. The average Bonchev–Trinajstić information content (AvgIpc) is 2.71. The third-order valence-electron chi connectivity index (χ3n) is 5.11. The fourth-order valence-electron chi connectivity index (χ4n) is 3.67. The first kappa shape index (κ1) is 18.1. The number of fused-ring (bicyclic) bond motifs is 2. The molecular weight excluding hydrogens is 356 g/mol. The van der Waals surface area contributed by atoms with E-state index in [0.717, 1.165) is 41.7 Å². The number of likely N-dealkylation sites (N-methyl/N-ethyl adjacent to an activating group) is 1. The minimum absolute atomic E-state index is 0.0587. The molecule has 1 aliphatic rings. The lowest BCUT2D eigenvalue weighted by atomic mass is 9.95. The van der Waals surface area contributed by atoms with Gasteiger partial charge < -0.3 is 5.32 Å². The smallest absolute Gasteiger partial charge is 0.271 e. The van der Waals surface area contributed by atoms with Crippen LogP contribution in [0.5, 0.6) is 0 Å². The number of hydrogen-bond donors (Lipinski definition) is 1. The summed E-state index contributed by atoms with van der Waals surface area (Å²) in [6.07, 6.45) is 0.797. The van der Waals surface area contributed by atoms with Gasteiger partial charge in [0.15, 0.2) is 0 Å². The molecule has 0 saturated carbocycles. The van der Waals surface area contributed by atoms with Gasteiger partial charge in [-0.3, -0.25) is 24.8 Å². The van der Waals surface area contributed by atoms with E-state index in [1.54, 1.807) is 12.1 Å². The van der Waals surface area contributed by atoms with Crippen molar-refractivity contribution in [1.29, 1.82) is 0 Å². The SMILES string of the molecule is CCN1CCc2nc3ccccc3c(C(=O)Nc3cccc([N+](=O)[O-])c3)c2C1. The largest absolute Gasteiger partial charge is 0.322 e. The van der Waals surface area contributed by atoms with Gasteiger partial charge in [0.1, 0.15) is 0 Å². The summed E-state index contributed by atoms with van der Waals surface area (Å²) in [7, 11) is 0. The first-order chi connectivity index (χ1) is 13.6. The summed E-state index contributed by atoms with van der Waals surface area (Å²) in [6.45, 7) is 4.59. The minimum Gasteiger partial charge on any atom is -0.322 e. The van der Waals surface area contributed by atoms with Crippen molar-refractivity contribution in [3.05, 3.63) is 75.5 Å². The van der Waals surface area contributed by atoms with Crippen LogP contribution in [0.1, 0.15) is 28.5 Å². The highest BCUT2D eigenvalue weighted by atomic mass is 16.6. The summed E-state index contributed by atoms with van der Waals surface area (Å²) in [5.41, 5.74) is 3.62. The third-order valence-corrected chi connectivity index (χ3v) is 5.11. The normalized spacial score (nSPS) is 13.9. The van der Waals surface area contributed by atoms with Crippen molar-refractivity contribution in [1.82, 2.24) is 9.88 Å². The van der Waals surface area contributed by atoms with Crippen LogP contribution < -0.4 is 5.32 Å². The van der Waals surface area contributed by atoms with E-state index >= 15 is 0 Å². The Labute approximate surface area is 162 Å². The van der Waals surface area contributed by atoms with Crippen LogP contribution in [-0.2, 0) is 13.0 Å². The molecule has 0 bridgehead atoms. The van der Waals surface area contributed by atoms with E-state index in [-0.39, 0.29) is 11.6 Å². The van der Waals surface area contributed by atoms with Crippen LogP contribution in [0, 0.1) is 10.1 Å². The maximum Gasteiger partial charge on any atom is 0.271 e. The lowest BCUT2D eigenvalue weighted by molar-refractivity contribution is -0.384. The summed E-state index contributed by atoms with van der Waals surface area (Å²) in [5, 5.41) is 14.7. The van der Waals surface area contributed by atoms with Gasteiger partial charge in [0.2, 0.25) is 0 Å². The maximum absolute atomic E-state index is 13.2. The molecule has 4 rings (SSSR count). The Hall–Kier alpha value is -3.32. The summed E-state index contributed by atoms with van der Waals surface area (Å²) in [6, 6.07) is 13.6. The second-order valence-electron chi connectivity index (χ2n) is 6.81. The van der Waals surface area contributed by atoms with Crippen LogP contribution in [-0.4, -0.2) is 33.8 Å². The van der Waals surface area contributed by atoms with Crippen molar-refractivity contribution in [2.24, 2.45) is 0 Å². The number of carbonyl (C=O) groups is 1. The Balaban J connectivity index is 1.79. The number of nitrogens with zero attached hydrogens (tertiary/aromatic N) is 3. The molecule has 7 heteroatoms. The molecule has 0 aliphatic carbocycles. The second kappa shape index (κ2) is 7.36. The van der Waals surface area contributed by atoms with Gasteiger partial charge in [-0.25, -0.2) is 0 Å². The van der Waals surface area contributed by atoms with E-state index < -0.39 is 4.92 Å². The number of carbonyl (C=O) groups excluding carboxylic acids is 1. The van der Waals surface area contributed by atoms with Gasteiger partial charge in [0.05, 0.1) is 16.0 Å².